The second kappa shape index (κ2) is 9.80. The Morgan fingerprint density at radius 1 is 0.872 bits per heavy atom. The summed E-state index contributed by atoms with van der Waals surface area (Å²) in [7, 11) is 0. The van der Waals surface area contributed by atoms with E-state index in [9.17, 15) is 9.90 Å². The van der Waals surface area contributed by atoms with Crippen molar-refractivity contribution in [3.8, 4) is 28.5 Å². The summed E-state index contributed by atoms with van der Waals surface area (Å²) >= 11 is 0. The number of benzene rings is 4. The normalized spacial score (nSPS) is 14.5. The van der Waals surface area contributed by atoms with Crippen molar-refractivity contribution in [2.45, 2.75) is 33.4 Å². The highest BCUT2D eigenvalue weighted by Gasteiger charge is 2.42. The quantitative estimate of drug-likeness (QED) is 0.250. The molecule has 1 aliphatic rings. The topological polar surface area (TPSA) is 78.5 Å². The van der Waals surface area contributed by atoms with Crippen molar-refractivity contribution in [1.82, 2.24) is 15.1 Å². The Hall–Kier alpha value is -4.84. The number of fused-ring (bicyclic) bond motifs is 1. The average Bonchev–Trinajstić information content (AvgIpc) is 3.47. The number of rotatable bonds is 6. The molecule has 0 fully saturated rings. The van der Waals surface area contributed by atoms with Gasteiger partial charge in [0.25, 0.3) is 5.91 Å². The molecular formula is C33H29N3O3. The molecule has 0 aliphatic carbocycles. The maximum absolute atomic E-state index is 13.9. The number of ether oxygens (including phenoxy) is 1. The van der Waals surface area contributed by atoms with Crippen LogP contribution in [0.25, 0.3) is 11.3 Å². The lowest BCUT2D eigenvalue weighted by Gasteiger charge is -2.27. The number of hydrogen-bond acceptors (Lipinski definition) is 4. The van der Waals surface area contributed by atoms with Crippen molar-refractivity contribution < 1.29 is 14.6 Å². The van der Waals surface area contributed by atoms with E-state index in [1.165, 1.54) is 0 Å². The molecule has 1 atom stereocenters. The monoisotopic (exact) mass is 515 g/mol. The minimum absolute atomic E-state index is 0.132. The minimum Gasteiger partial charge on any atom is -0.507 e. The van der Waals surface area contributed by atoms with E-state index in [2.05, 4.69) is 34.5 Å². The van der Waals surface area contributed by atoms with E-state index < -0.39 is 6.04 Å². The fourth-order valence-corrected chi connectivity index (χ4v) is 5.32. The Morgan fingerprint density at radius 3 is 2.38 bits per heavy atom. The Labute approximate surface area is 227 Å². The number of carbonyl (C=O) groups is 1. The van der Waals surface area contributed by atoms with Crippen LogP contribution in [0.3, 0.4) is 0 Å². The second-order valence-electron chi connectivity index (χ2n) is 10.1. The van der Waals surface area contributed by atoms with Crippen LogP contribution in [-0.2, 0) is 6.54 Å². The summed E-state index contributed by atoms with van der Waals surface area (Å²) in [4.78, 5) is 15.7. The highest BCUT2D eigenvalue weighted by molar-refractivity contribution is 6.00. The van der Waals surface area contributed by atoms with E-state index in [4.69, 9.17) is 4.74 Å². The molecule has 0 saturated carbocycles. The summed E-state index contributed by atoms with van der Waals surface area (Å²) in [6, 6.07) is 29.1. The van der Waals surface area contributed by atoms with Crippen molar-refractivity contribution in [2.75, 3.05) is 0 Å². The zero-order chi connectivity index (χ0) is 27.1. The molecule has 2 heterocycles. The molecule has 0 spiro atoms. The number of para-hydroxylation sites is 1. The number of phenols is 1. The van der Waals surface area contributed by atoms with Gasteiger partial charge in [0, 0.05) is 17.7 Å². The van der Waals surface area contributed by atoms with E-state index in [-0.39, 0.29) is 11.7 Å². The number of carbonyl (C=O) groups excluding carboxylic acids is 1. The van der Waals surface area contributed by atoms with Gasteiger partial charge in [-0.2, -0.15) is 5.10 Å². The van der Waals surface area contributed by atoms with Crippen LogP contribution in [0.5, 0.6) is 17.2 Å². The lowest BCUT2D eigenvalue weighted by Crippen LogP contribution is -2.29. The number of hydrogen-bond donors (Lipinski definition) is 2. The molecular weight excluding hydrogens is 486 g/mol. The number of aryl methyl sites for hydroxylation is 3. The smallest absolute Gasteiger partial charge is 0.273 e. The molecule has 6 rings (SSSR count). The van der Waals surface area contributed by atoms with Gasteiger partial charge < -0.3 is 14.7 Å². The first-order valence-corrected chi connectivity index (χ1v) is 13.0. The lowest BCUT2D eigenvalue weighted by molar-refractivity contribution is 0.0730. The van der Waals surface area contributed by atoms with Gasteiger partial charge in [-0.25, -0.2) is 0 Å². The summed E-state index contributed by atoms with van der Waals surface area (Å²) in [6.45, 7) is 6.33. The third-order valence-corrected chi connectivity index (χ3v) is 7.19. The Morgan fingerprint density at radius 2 is 1.62 bits per heavy atom. The molecule has 5 aromatic rings. The summed E-state index contributed by atoms with van der Waals surface area (Å²) in [5.74, 6) is 1.44. The Kier molecular flexibility index (Phi) is 6.15. The molecule has 0 saturated heterocycles. The Balaban J connectivity index is 1.48. The predicted molar refractivity (Wildman–Crippen MR) is 151 cm³/mol. The molecule has 4 aromatic carbocycles. The van der Waals surface area contributed by atoms with Crippen molar-refractivity contribution in [3.05, 3.63) is 130 Å². The zero-order valence-corrected chi connectivity index (χ0v) is 22.1. The molecule has 6 nitrogen and oxygen atoms in total. The molecule has 1 aliphatic heterocycles. The number of aromatic hydroxyl groups is 1. The van der Waals surface area contributed by atoms with Gasteiger partial charge in [-0.15, -0.1) is 0 Å². The maximum atomic E-state index is 13.9. The maximum Gasteiger partial charge on any atom is 0.273 e. The highest BCUT2D eigenvalue weighted by Crippen LogP contribution is 2.46. The van der Waals surface area contributed by atoms with Crippen LogP contribution in [-0.4, -0.2) is 26.1 Å². The first-order valence-electron chi connectivity index (χ1n) is 13.0. The SMILES string of the molecule is Cc1ccc(CN2C(=O)c3[nH]nc(-c4cc(C)cc(C)c4O)c3C2c2cccc(Oc3ccccc3)c2)cc1. The number of nitrogens with one attached hydrogen (secondary N) is 1. The highest BCUT2D eigenvalue weighted by atomic mass is 16.5. The average molecular weight is 516 g/mol. The van der Waals surface area contributed by atoms with Crippen LogP contribution in [0.2, 0.25) is 0 Å². The second-order valence-corrected chi connectivity index (χ2v) is 10.1. The first kappa shape index (κ1) is 24.5. The molecule has 1 unspecified atom stereocenters. The van der Waals surface area contributed by atoms with Crippen LogP contribution < -0.4 is 4.74 Å². The number of aromatic nitrogens is 2. The van der Waals surface area contributed by atoms with Gasteiger partial charge in [0.2, 0.25) is 0 Å². The van der Waals surface area contributed by atoms with Gasteiger partial charge in [-0.1, -0.05) is 66.2 Å². The minimum atomic E-state index is -0.429. The predicted octanol–water partition coefficient (Wildman–Crippen LogP) is 7.25. The largest absolute Gasteiger partial charge is 0.507 e. The van der Waals surface area contributed by atoms with E-state index >= 15 is 0 Å². The third kappa shape index (κ3) is 4.55. The van der Waals surface area contributed by atoms with Gasteiger partial charge >= 0.3 is 0 Å². The number of aromatic amines is 1. The van der Waals surface area contributed by atoms with Crippen molar-refractivity contribution in [1.29, 1.82) is 0 Å². The van der Waals surface area contributed by atoms with E-state index in [1.807, 2.05) is 92.4 Å². The molecule has 39 heavy (non-hydrogen) atoms. The number of nitrogens with zero attached hydrogens (tertiary/aromatic N) is 2. The van der Waals surface area contributed by atoms with Crippen LogP contribution in [0, 0.1) is 20.8 Å². The van der Waals surface area contributed by atoms with Crippen molar-refractivity contribution >= 4 is 5.91 Å². The molecule has 2 N–H and O–H groups in total. The summed E-state index contributed by atoms with van der Waals surface area (Å²) in [5.41, 5.74) is 7.24. The Bertz CT molecular complexity index is 1670. The van der Waals surface area contributed by atoms with Crippen LogP contribution >= 0.6 is 0 Å². The van der Waals surface area contributed by atoms with Crippen molar-refractivity contribution in [2.24, 2.45) is 0 Å². The number of amides is 1. The lowest BCUT2D eigenvalue weighted by atomic mass is 9.94. The van der Waals surface area contributed by atoms with Crippen LogP contribution in [0.15, 0.2) is 91.0 Å². The zero-order valence-electron chi connectivity index (χ0n) is 22.1. The van der Waals surface area contributed by atoms with E-state index in [0.29, 0.717) is 29.2 Å². The van der Waals surface area contributed by atoms with Gasteiger partial charge in [-0.3, -0.25) is 9.89 Å². The molecule has 1 aromatic heterocycles. The van der Waals surface area contributed by atoms with E-state index in [1.54, 1.807) is 0 Å². The van der Waals surface area contributed by atoms with Crippen molar-refractivity contribution in [3.63, 3.8) is 0 Å². The summed E-state index contributed by atoms with van der Waals surface area (Å²) in [5, 5.41) is 18.6. The third-order valence-electron chi connectivity index (χ3n) is 7.19. The molecule has 0 bridgehead atoms. The number of phenolic OH excluding ortho intramolecular Hbond substituents is 1. The summed E-state index contributed by atoms with van der Waals surface area (Å²) < 4.78 is 6.14. The summed E-state index contributed by atoms with van der Waals surface area (Å²) in [6.07, 6.45) is 0. The van der Waals surface area contributed by atoms with Gasteiger partial charge in [-0.05, 0) is 73.4 Å². The first-order chi connectivity index (χ1) is 18.9. The molecule has 6 heteroatoms. The number of H-pyrrole nitrogens is 1. The van der Waals surface area contributed by atoms with Crippen LogP contribution in [0.1, 0.15) is 49.9 Å². The molecule has 0 radical (unpaired) electrons. The fourth-order valence-electron chi connectivity index (χ4n) is 5.32. The molecule has 1 amide bonds. The van der Waals surface area contributed by atoms with E-state index in [0.717, 1.165) is 39.1 Å². The fraction of sp³-hybridized carbons (Fsp3) is 0.152. The van der Waals surface area contributed by atoms with Crippen LogP contribution in [0.4, 0.5) is 0 Å². The molecule has 194 valence electrons. The van der Waals surface area contributed by atoms with Gasteiger partial charge in [0.1, 0.15) is 28.6 Å². The van der Waals surface area contributed by atoms with Gasteiger partial charge in [0.05, 0.1) is 6.04 Å². The standard InChI is InChI=1S/C33H29N3O3/c1-20-12-14-23(15-13-20)19-36-31(24-8-7-11-26(18-24)39-25-9-5-4-6-10-25)28-29(34-35-30(28)33(36)38)27-17-21(2)16-22(3)32(27)37/h4-18,31,37H,19H2,1-3H3,(H,34,35). The van der Waals surface area contributed by atoms with Gasteiger partial charge in [0.15, 0.2) is 0 Å².